The van der Waals surface area contributed by atoms with Gasteiger partial charge in [-0.15, -0.1) is 0 Å². The minimum Gasteiger partial charge on any atom is -0.437 e. The van der Waals surface area contributed by atoms with Gasteiger partial charge in [-0.2, -0.15) is 0 Å². The van der Waals surface area contributed by atoms with Crippen molar-refractivity contribution in [1.82, 2.24) is 0 Å². The Labute approximate surface area is 337 Å². The van der Waals surface area contributed by atoms with E-state index in [1.165, 1.54) is 0 Å². The molecule has 4 atom stereocenters. The largest absolute Gasteiger partial charge is 0.437 e. The van der Waals surface area contributed by atoms with Crippen LogP contribution in [0.1, 0.15) is 103 Å². The molecule has 0 saturated heterocycles. The van der Waals surface area contributed by atoms with E-state index in [2.05, 4.69) is 78.6 Å². The van der Waals surface area contributed by atoms with E-state index in [0.29, 0.717) is 0 Å². The van der Waals surface area contributed by atoms with Crippen molar-refractivity contribution in [2.24, 2.45) is 22.9 Å². The van der Waals surface area contributed by atoms with Gasteiger partial charge in [0.2, 0.25) is 0 Å². The summed E-state index contributed by atoms with van der Waals surface area (Å²) in [6.45, 7) is 30.3. The molecule has 0 heterocycles. The van der Waals surface area contributed by atoms with Crippen molar-refractivity contribution in [3.05, 3.63) is 0 Å². The van der Waals surface area contributed by atoms with E-state index in [-0.39, 0.29) is 0 Å². The van der Waals surface area contributed by atoms with Gasteiger partial charge in [0.15, 0.2) is 16.6 Å². The molecule has 0 rings (SSSR count). The van der Waals surface area contributed by atoms with E-state index in [4.69, 9.17) is 47.6 Å². The number of rotatable bonds is 36. The summed E-state index contributed by atoms with van der Waals surface area (Å²) in [5.74, 6) is 0. The highest BCUT2D eigenvalue weighted by Gasteiger charge is 2.53. The Kier molecular flexibility index (Phi) is 27.6. The molecule has 17 heteroatoms. The van der Waals surface area contributed by atoms with E-state index in [0.717, 1.165) is 153 Å². The van der Waals surface area contributed by atoms with Gasteiger partial charge in [0, 0.05) is 0 Å². The van der Waals surface area contributed by atoms with E-state index in [1.54, 1.807) is 0 Å². The van der Waals surface area contributed by atoms with Crippen molar-refractivity contribution >= 4 is 59.4 Å². The highest BCUT2D eigenvalue weighted by Crippen LogP contribution is 2.37. The topological polar surface area (TPSA) is 159 Å². The van der Waals surface area contributed by atoms with Crippen molar-refractivity contribution in [3.63, 3.8) is 0 Å². The molecule has 0 radical (unpaired) electrons. The molecule has 0 aliphatic carbocycles. The highest BCUT2D eigenvalue weighted by molar-refractivity contribution is 6.92. The zero-order valence-corrected chi connectivity index (χ0v) is 44.2. The maximum atomic E-state index is 7.71. The number of hydrogen-bond donors (Lipinski definition) is 4. The average molecular weight is 874 g/mol. The second-order valence-electron chi connectivity index (χ2n) is 18.6. The van der Waals surface area contributed by atoms with Crippen LogP contribution in [-0.2, 0) is 24.7 Å². The van der Waals surface area contributed by atoms with Crippen LogP contribution in [0, 0.1) is 0 Å². The summed E-state index contributed by atoms with van der Waals surface area (Å²) in [6.07, 6.45) is 17.6. The molecule has 53 heavy (non-hydrogen) atoms. The van der Waals surface area contributed by atoms with Gasteiger partial charge in [0.1, 0.15) is 0 Å². The normalized spacial score (nSPS) is 17.7. The molecule has 0 aliphatic heterocycles. The summed E-state index contributed by atoms with van der Waals surface area (Å²) in [7, 11) is -17.3. The van der Waals surface area contributed by atoms with Crippen LogP contribution in [0.25, 0.3) is 0 Å². The molecule has 0 aromatic rings. The van der Waals surface area contributed by atoms with Gasteiger partial charge >= 0.3 is 42.8 Å². The van der Waals surface area contributed by atoms with Crippen LogP contribution >= 0.6 is 0 Å². The second kappa shape index (κ2) is 27.0. The summed E-state index contributed by atoms with van der Waals surface area (Å²) in [6, 6.07) is 3.75. The SMILES string of the molecule is C[Si](C)(C)O[Si](C)(C)O[Si](C)(CCCCCCN)O[Si](C)(CCCCCCN)O[Si](C)(CCCCCCN)O[Si](C)(CCCCCCN)O[Si](C)(C)C. The van der Waals surface area contributed by atoms with Crippen LogP contribution in [-0.4, -0.2) is 85.6 Å². The summed E-state index contributed by atoms with van der Waals surface area (Å²) in [5, 5.41) is 0. The second-order valence-corrected chi connectivity index (χ2v) is 45.8. The number of nitrogens with two attached hydrogens (primary N) is 4. The minimum absolute atomic E-state index is 0.733. The first-order chi connectivity index (χ1) is 24.5. The Hall–Kier alpha value is 1.12. The summed E-state index contributed by atoms with van der Waals surface area (Å²) < 4.78 is 44.1. The third-order valence-electron chi connectivity index (χ3n) is 9.17. The maximum absolute atomic E-state index is 7.71. The fourth-order valence-corrected chi connectivity index (χ4v) is 43.3. The zero-order valence-electron chi connectivity index (χ0n) is 37.2. The lowest BCUT2D eigenvalue weighted by molar-refractivity contribution is 0.255. The number of hydrogen-bond acceptors (Lipinski definition) is 10. The Morgan fingerprint density at radius 1 is 0.264 bits per heavy atom. The maximum Gasteiger partial charge on any atom is 0.317 e. The molecule has 0 aromatic carbocycles. The first-order valence-corrected chi connectivity index (χ1v) is 41.2. The zero-order chi connectivity index (χ0) is 40.7. The molecule has 10 nitrogen and oxygen atoms in total. The predicted octanol–water partition coefficient (Wildman–Crippen LogP) is 9.82. The molecule has 0 spiro atoms. The molecular formula is C36H92N4O6Si7. The van der Waals surface area contributed by atoms with E-state index >= 15 is 0 Å². The standard InChI is InChI=1S/C36H92N4O6Si7/c1-47(2,3)41-49(7,8)43-51(10,34-26-18-14-22-30-38)45-53(12,36-28-20-16-24-32-40)46-52(11,35-27-19-15-23-31-39)44-50(9,42-48(4,5)6)33-25-17-13-21-29-37/h13-40H2,1-12H3. The molecule has 0 fully saturated rings. The Morgan fingerprint density at radius 2 is 0.491 bits per heavy atom. The summed E-state index contributed by atoms with van der Waals surface area (Å²) in [5.41, 5.74) is 23.4. The van der Waals surface area contributed by atoms with Crippen LogP contribution in [0.2, 0.25) is 103 Å². The Morgan fingerprint density at radius 3 is 0.736 bits per heavy atom. The third-order valence-corrected chi connectivity index (χ3v) is 36.9. The van der Waals surface area contributed by atoms with E-state index in [1.807, 2.05) is 0 Å². The lowest BCUT2D eigenvalue weighted by Gasteiger charge is -2.47. The fraction of sp³-hybridized carbons (Fsp3) is 1.00. The summed E-state index contributed by atoms with van der Waals surface area (Å²) in [4.78, 5) is 0. The first kappa shape index (κ1) is 54.1. The Bertz CT molecular complexity index is 940. The van der Waals surface area contributed by atoms with E-state index in [9.17, 15) is 0 Å². The van der Waals surface area contributed by atoms with Crippen molar-refractivity contribution < 1.29 is 24.7 Å². The van der Waals surface area contributed by atoms with Crippen molar-refractivity contribution in [2.45, 2.75) is 205 Å². The van der Waals surface area contributed by atoms with Crippen LogP contribution < -0.4 is 22.9 Å². The molecule has 0 bridgehead atoms. The smallest absolute Gasteiger partial charge is 0.317 e. The predicted molar refractivity (Wildman–Crippen MR) is 246 cm³/mol. The van der Waals surface area contributed by atoms with Gasteiger partial charge in [-0.05, 0) is 155 Å². The third kappa shape index (κ3) is 29.1. The van der Waals surface area contributed by atoms with Gasteiger partial charge < -0.3 is 47.6 Å². The van der Waals surface area contributed by atoms with Crippen LogP contribution in [0.4, 0.5) is 0 Å². The van der Waals surface area contributed by atoms with Gasteiger partial charge in [-0.1, -0.05) is 77.0 Å². The first-order valence-electron chi connectivity index (χ1n) is 21.5. The molecule has 0 amide bonds. The monoisotopic (exact) mass is 873 g/mol. The molecule has 8 N–H and O–H groups in total. The minimum atomic E-state index is -2.85. The van der Waals surface area contributed by atoms with Gasteiger partial charge in [-0.3, -0.25) is 0 Å². The quantitative estimate of drug-likeness (QED) is 0.0353. The van der Waals surface area contributed by atoms with Crippen molar-refractivity contribution in [2.75, 3.05) is 26.2 Å². The molecule has 0 aromatic heterocycles. The van der Waals surface area contributed by atoms with Gasteiger partial charge in [0.25, 0.3) is 0 Å². The lowest BCUT2D eigenvalue weighted by Crippen LogP contribution is -2.63. The van der Waals surface area contributed by atoms with E-state index < -0.39 is 59.4 Å². The average Bonchev–Trinajstić information content (AvgIpc) is 2.97. The van der Waals surface area contributed by atoms with Crippen molar-refractivity contribution in [3.8, 4) is 0 Å². The fourth-order valence-electron chi connectivity index (χ4n) is 7.56. The van der Waals surface area contributed by atoms with Gasteiger partial charge in [-0.25, -0.2) is 0 Å². The number of unbranched alkanes of at least 4 members (excludes halogenated alkanes) is 12. The molecule has 0 aliphatic rings. The summed E-state index contributed by atoms with van der Waals surface area (Å²) >= 11 is 0. The Balaban J connectivity index is 6.89. The molecule has 0 saturated carbocycles. The highest BCUT2D eigenvalue weighted by atomic mass is 28.5. The molecule has 4 unspecified atom stereocenters. The van der Waals surface area contributed by atoms with Crippen LogP contribution in [0.3, 0.4) is 0 Å². The molecular weight excluding hydrogens is 781 g/mol. The van der Waals surface area contributed by atoms with Crippen LogP contribution in [0.5, 0.6) is 0 Å². The molecule has 320 valence electrons. The van der Waals surface area contributed by atoms with Crippen LogP contribution in [0.15, 0.2) is 0 Å². The lowest BCUT2D eigenvalue weighted by atomic mass is 10.2. The van der Waals surface area contributed by atoms with Gasteiger partial charge in [0.05, 0.1) is 0 Å². The van der Waals surface area contributed by atoms with Crippen molar-refractivity contribution in [1.29, 1.82) is 0 Å².